The molecule has 0 aliphatic carbocycles. The predicted octanol–water partition coefficient (Wildman–Crippen LogP) is 2.21. The Balaban J connectivity index is 2.70. The number of aliphatic carboxylic acids is 1. The summed E-state index contributed by atoms with van der Waals surface area (Å²) in [7, 11) is 0. The van der Waals surface area contributed by atoms with Crippen LogP contribution in [0.25, 0.3) is 0 Å². The third-order valence-corrected chi connectivity index (χ3v) is 2.93. The van der Waals surface area contributed by atoms with Crippen LogP contribution in [0.4, 0.5) is 0 Å². The zero-order chi connectivity index (χ0) is 13.0. The summed E-state index contributed by atoms with van der Waals surface area (Å²) in [6.45, 7) is 3.51. The molecule has 0 aromatic heterocycles. The summed E-state index contributed by atoms with van der Waals surface area (Å²) in [5.74, 6) is -1.76. The van der Waals surface area contributed by atoms with Crippen LogP contribution in [0.3, 0.4) is 0 Å². The van der Waals surface area contributed by atoms with Crippen LogP contribution in [-0.4, -0.2) is 23.5 Å². The van der Waals surface area contributed by atoms with Gasteiger partial charge in [-0.1, -0.05) is 28.9 Å². The van der Waals surface area contributed by atoms with Gasteiger partial charge < -0.3 is 10.4 Å². The number of benzene rings is 1. The van der Waals surface area contributed by atoms with Crippen molar-refractivity contribution < 1.29 is 14.7 Å². The van der Waals surface area contributed by atoms with Gasteiger partial charge in [-0.05, 0) is 24.6 Å². The summed E-state index contributed by atoms with van der Waals surface area (Å²) in [5.41, 5.74) is 1.41. The first-order valence-corrected chi connectivity index (χ1v) is 5.98. The number of amides is 1. The maximum Gasteiger partial charge on any atom is 0.308 e. The molecule has 0 spiro atoms. The summed E-state index contributed by atoms with van der Waals surface area (Å²) in [5, 5.41) is 11.3. The highest BCUT2D eigenvalue weighted by Crippen LogP contribution is 2.15. The van der Waals surface area contributed by atoms with Crippen molar-refractivity contribution in [1.29, 1.82) is 0 Å². The van der Waals surface area contributed by atoms with Crippen molar-refractivity contribution in [2.24, 2.45) is 5.92 Å². The maximum absolute atomic E-state index is 11.8. The van der Waals surface area contributed by atoms with Crippen LogP contribution >= 0.6 is 15.9 Å². The van der Waals surface area contributed by atoms with Crippen molar-refractivity contribution in [1.82, 2.24) is 5.32 Å². The van der Waals surface area contributed by atoms with Gasteiger partial charge in [0.25, 0.3) is 5.91 Å². The van der Waals surface area contributed by atoms with E-state index in [0.717, 1.165) is 10.0 Å². The van der Waals surface area contributed by atoms with E-state index in [1.165, 1.54) is 0 Å². The number of carboxylic acid groups (broad SMARTS) is 1. The Morgan fingerprint density at radius 3 is 2.71 bits per heavy atom. The fraction of sp³-hybridized carbons (Fsp3) is 0.333. The van der Waals surface area contributed by atoms with Crippen LogP contribution in [0.15, 0.2) is 22.7 Å². The van der Waals surface area contributed by atoms with Gasteiger partial charge in [0.05, 0.1) is 5.92 Å². The lowest BCUT2D eigenvalue weighted by atomic mass is 10.1. The second-order valence-corrected chi connectivity index (χ2v) is 4.82. The van der Waals surface area contributed by atoms with Crippen LogP contribution in [0.1, 0.15) is 22.8 Å². The standard InChI is InChI=1S/C12H14BrNO3/c1-7-3-4-9(13)5-10(7)11(15)14-6-8(2)12(16)17/h3-5,8H,6H2,1-2H3,(H,14,15)(H,16,17). The Kier molecular flexibility index (Phi) is 4.69. The zero-order valence-corrected chi connectivity index (χ0v) is 11.2. The average Bonchev–Trinajstić information content (AvgIpc) is 2.28. The molecule has 0 aliphatic rings. The first-order chi connectivity index (χ1) is 7.91. The van der Waals surface area contributed by atoms with E-state index >= 15 is 0 Å². The smallest absolute Gasteiger partial charge is 0.308 e. The van der Waals surface area contributed by atoms with Crippen LogP contribution in [-0.2, 0) is 4.79 Å². The molecule has 5 heteroatoms. The van der Waals surface area contributed by atoms with Crippen molar-refractivity contribution in [2.45, 2.75) is 13.8 Å². The Morgan fingerprint density at radius 1 is 1.47 bits per heavy atom. The minimum atomic E-state index is -0.920. The SMILES string of the molecule is Cc1ccc(Br)cc1C(=O)NCC(C)C(=O)O. The van der Waals surface area contributed by atoms with E-state index in [2.05, 4.69) is 21.2 Å². The number of hydrogen-bond donors (Lipinski definition) is 2. The van der Waals surface area contributed by atoms with Gasteiger partial charge in [-0.3, -0.25) is 9.59 Å². The largest absolute Gasteiger partial charge is 0.481 e. The molecule has 1 aromatic rings. The number of halogens is 1. The number of carboxylic acids is 1. The van der Waals surface area contributed by atoms with Crippen LogP contribution in [0.2, 0.25) is 0 Å². The Bertz CT molecular complexity index is 445. The molecule has 1 rings (SSSR count). The monoisotopic (exact) mass is 299 g/mol. The molecule has 1 atom stereocenters. The molecule has 1 amide bonds. The summed E-state index contributed by atoms with van der Waals surface area (Å²) < 4.78 is 0.819. The Labute approximate surface area is 108 Å². The fourth-order valence-electron chi connectivity index (χ4n) is 1.27. The summed E-state index contributed by atoms with van der Waals surface area (Å²) in [6, 6.07) is 5.40. The molecule has 0 bridgehead atoms. The van der Waals surface area contributed by atoms with Crippen molar-refractivity contribution in [3.05, 3.63) is 33.8 Å². The molecule has 1 unspecified atom stereocenters. The van der Waals surface area contributed by atoms with Crippen LogP contribution < -0.4 is 5.32 Å². The van der Waals surface area contributed by atoms with Crippen LogP contribution in [0, 0.1) is 12.8 Å². The highest BCUT2D eigenvalue weighted by atomic mass is 79.9. The lowest BCUT2D eigenvalue weighted by Crippen LogP contribution is -2.31. The van der Waals surface area contributed by atoms with Gasteiger partial charge in [0.2, 0.25) is 0 Å². The molecule has 17 heavy (non-hydrogen) atoms. The first-order valence-electron chi connectivity index (χ1n) is 5.19. The first kappa shape index (κ1) is 13.7. The third kappa shape index (κ3) is 3.85. The molecule has 0 fully saturated rings. The van der Waals surface area contributed by atoms with Gasteiger partial charge in [-0.15, -0.1) is 0 Å². The lowest BCUT2D eigenvalue weighted by Gasteiger charge is -2.10. The molecular formula is C12H14BrNO3. The van der Waals surface area contributed by atoms with Gasteiger partial charge in [-0.25, -0.2) is 0 Å². The molecule has 92 valence electrons. The number of rotatable bonds is 4. The van der Waals surface area contributed by atoms with E-state index < -0.39 is 11.9 Å². The molecule has 0 saturated heterocycles. The number of nitrogens with one attached hydrogen (secondary N) is 1. The van der Waals surface area contributed by atoms with Crippen molar-refractivity contribution in [3.63, 3.8) is 0 Å². The normalized spacial score (nSPS) is 11.9. The van der Waals surface area contributed by atoms with Gasteiger partial charge >= 0.3 is 5.97 Å². The van der Waals surface area contributed by atoms with Crippen molar-refractivity contribution in [2.75, 3.05) is 6.54 Å². The molecular weight excluding hydrogens is 286 g/mol. The average molecular weight is 300 g/mol. The second-order valence-electron chi connectivity index (χ2n) is 3.91. The highest BCUT2D eigenvalue weighted by Gasteiger charge is 2.14. The van der Waals surface area contributed by atoms with Gasteiger partial charge in [0.15, 0.2) is 0 Å². The molecule has 0 heterocycles. The Hall–Kier alpha value is -1.36. The number of carbonyl (C=O) groups is 2. The number of aryl methyl sites for hydroxylation is 1. The van der Waals surface area contributed by atoms with Crippen molar-refractivity contribution in [3.8, 4) is 0 Å². The maximum atomic E-state index is 11.8. The Morgan fingerprint density at radius 2 is 2.12 bits per heavy atom. The van der Waals surface area contributed by atoms with Gasteiger partial charge in [0, 0.05) is 16.6 Å². The topological polar surface area (TPSA) is 66.4 Å². The lowest BCUT2D eigenvalue weighted by molar-refractivity contribution is -0.140. The minimum Gasteiger partial charge on any atom is -0.481 e. The quantitative estimate of drug-likeness (QED) is 0.896. The van der Waals surface area contributed by atoms with E-state index in [1.54, 1.807) is 13.0 Å². The molecule has 2 N–H and O–H groups in total. The summed E-state index contributed by atoms with van der Waals surface area (Å²) in [4.78, 5) is 22.4. The van der Waals surface area contributed by atoms with E-state index in [1.807, 2.05) is 19.1 Å². The third-order valence-electron chi connectivity index (χ3n) is 2.43. The zero-order valence-electron chi connectivity index (χ0n) is 9.66. The molecule has 1 aromatic carbocycles. The van der Waals surface area contributed by atoms with E-state index in [0.29, 0.717) is 5.56 Å². The van der Waals surface area contributed by atoms with Crippen molar-refractivity contribution >= 4 is 27.8 Å². The summed E-state index contributed by atoms with van der Waals surface area (Å²) in [6.07, 6.45) is 0. The number of hydrogen-bond acceptors (Lipinski definition) is 2. The van der Waals surface area contributed by atoms with Gasteiger partial charge in [-0.2, -0.15) is 0 Å². The highest BCUT2D eigenvalue weighted by molar-refractivity contribution is 9.10. The van der Waals surface area contributed by atoms with Crippen LogP contribution in [0.5, 0.6) is 0 Å². The fourth-order valence-corrected chi connectivity index (χ4v) is 1.63. The van der Waals surface area contributed by atoms with E-state index in [-0.39, 0.29) is 12.5 Å². The summed E-state index contributed by atoms with van der Waals surface area (Å²) >= 11 is 3.29. The molecule has 0 radical (unpaired) electrons. The minimum absolute atomic E-state index is 0.125. The molecule has 0 aliphatic heterocycles. The predicted molar refractivity (Wildman–Crippen MR) is 68.0 cm³/mol. The van der Waals surface area contributed by atoms with E-state index in [4.69, 9.17) is 5.11 Å². The number of carbonyl (C=O) groups excluding carboxylic acids is 1. The van der Waals surface area contributed by atoms with Gasteiger partial charge in [0.1, 0.15) is 0 Å². The molecule has 0 saturated carbocycles. The molecule has 4 nitrogen and oxygen atoms in total. The second kappa shape index (κ2) is 5.82. The van der Waals surface area contributed by atoms with E-state index in [9.17, 15) is 9.59 Å².